The van der Waals surface area contributed by atoms with Gasteiger partial charge in [-0.05, 0) is 25.7 Å². The van der Waals surface area contributed by atoms with Crippen LogP contribution in [0.2, 0.25) is 0 Å². The van der Waals surface area contributed by atoms with Crippen LogP contribution in [0.4, 0.5) is 0 Å². The van der Waals surface area contributed by atoms with E-state index in [-0.39, 0.29) is 0 Å². The fourth-order valence-electron chi connectivity index (χ4n) is 1.94. The molecule has 0 amide bonds. The van der Waals surface area contributed by atoms with Crippen molar-refractivity contribution >= 4 is 12.6 Å². The standard InChI is InChI=1S/C11H21NS/c1-9-4-5-11(3)12(6-9)7-10(2)8-13/h9,11,13H,2,4-8H2,1,3H3. The minimum atomic E-state index is 0.729. The summed E-state index contributed by atoms with van der Waals surface area (Å²) in [5, 5.41) is 0. The Balaban J connectivity index is 2.41. The van der Waals surface area contributed by atoms with E-state index in [1.807, 2.05) is 0 Å². The van der Waals surface area contributed by atoms with Gasteiger partial charge in [-0.1, -0.05) is 19.1 Å². The number of hydrogen-bond donors (Lipinski definition) is 1. The molecule has 1 rings (SSSR count). The van der Waals surface area contributed by atoms with Gasteiger partial charge >= 0.3 is 0 Å². The van der Waals surface area contributed by atoms with Crippen LogP contribution in [0.3, 0.4) is 0 Å². The predicted molar refractivity (Wildman–Crippen MR) is 62.4 cm³/mol. The molecule has 0 spiro atoms. The maximum Gasteiger partial charge on any atom is 0.0201 e. The van der Waals surface area contributed by atoms with Crippen LogP contribution in [0.1, 0.15) is 26.7 Å². The Kier molecular flexibility index (Phi) is 4.33. The lowest BCUT2D eigenvalue weighted by molar-refractivity contribution is 0.137. The summed E-state index contributed by atoms with van der Waals surface area (Å²) in [5.41, 5.74) is 1.24. The average molecular weight is 199 g/mol. The number of piperidine rings is 1. The number of hydrogen-bond acceptors (Lipinski definition) is 2. The minimum absolute atomic E-state index is 0.729. The van der Waals surface area contributed by atoms with Gasteiger partial charge in [0.05, 0.1) is 0 Å². The van der Waals surface area contributed by atoms with E-state index in [0.717, 1.165) is 24.3 Å². The second kappa shape index (κ2) is 5.06. The molecule has 0 radical (unpaired) electrons. The molecule has 1 nitrogen and oxygen atoms in total. The summed E-state index contributed by atoms with van der Waals surface area (Å²) in [6, 6.07) is 0.729. The van der Waals surface area contributed by atoms with Crippen molar-refractivity contribution in [1.82, 2.24) is 4.90 Å². The Hall–Kier alpha value is 0.0500. The zero-order chi connectivity index (χ0) is 9.84. The molecule has 13 heavy (non-hydrogen) atoms. The van der Waals surface area contributed by atoms with Crippen molar-refractivity contribution < 1.29 is 0 Å². The zero-order valence-electron chi connectivity index (χ0n) is 8.79. The monoisotopic (exact) mass is 199 g/mol. The predicted octanol–water partition coefficient (Wildman–Crippen LogP) is 2.59. The van der Waals surface area contributed by atoms with E-state index < -0.39 is 0 Å². The van der Waals surface area contributed by atoms with Crippen molar-refractivity contribution in [3.8, 4) is 0 Å². The van der Waals surface area contributed by atoms with Crippen molar-refractivity contribution in [2.75, 3.05) is 18.8 Å². The Bertz CT molecular complexity index is 179. The first-order valence-corrected chi connectivity index (χ1v) is 5.78. The largest absolute Gasteiger partial charge is 0.296 e. The van der Waals surface area contributed by atoms with E-state index in [2.05, 4.69) is 38.0 Å². The summed E-state index contributed by atoms with van der Waals surface area (Å²) in [6.07, 6.45) is 2.71. The second-order valence-corrected chi connectivity index (χ2v) is 4.69. The molecule has 1 saturated heterocycles. The summed E-state index contributed by atoms with van der Waals surface area (Å²) in [5.74, 6) is 1.67. The lowest BCUT2D eigenvalue weighted by Gasteiger charge is -2.37. The summed E-state index contributed by atoms with van der Waals surface area (Å²) >= 11 is 4.24. The first-order chi connectivity index (χ1) is 6.13. The minimum Gasteiger partial charge on any atom is -0.296 e. The molecule has 0 aromatic rings. The van der Waals surface area contributed by atoms with Crippen molar-refractivity contribution in [2.24, 2.45) is 5.92 Å². The van der Waals surface area contributed by atoms with Gasteiger partial charge < -0.3 is 0 Å². The second-order valence-electron chi connectivity index (χ2n) is 4.37. The molecule has 2 atom stereocenters. The van der Waals surface area contributed by atoms with E-state index >= 15 is 0 Å². The van der Waals surface area contributed by atoms with Crippen molar-refractivity contribution in [2.45, 2.75) is 32.7 Å². The topological polar surface area (TPSA) is 3.24 Å². The molecule has 0 aliphatic carbocycles. The Morgan fingerprint density at radius 1 is 1.46 bits per heavy atom. The van der Waals surface area contributed by atoms with E-state index in [0.29, 0.717) is 0 Å². The fourth-order valence-corrected chi connectivity index (χ4v) is 2.04. The maximum atomic E-state index is 4.24. The van der Waals surface area contributed by atoms with Gasteiger partial charge in [0.25, 0.3) is 0 Å². The molecule has 76 valence electrons. The molecule has 0 bridgehead atoms. The van der Waals surface area contributed by atoms with Crippen LogP contribution in [0.5, 0.6) is 0 Å². The number of rotatable bonds is 3. The third kappa shape index (κ3) is 3.35. The smallest absolute Gasteiger partial charge is 0.0201 e. The number of likely N-dealkylation sites (tertiary alicyclic amines) is 1. The molecule has 2 heteroatoms. The van der Waals surface area contributed by atoms with Crippen molar-refractivity contribution in [3.63, 3.8) is 0 Å². The van der Waals surface area contributed by atoms with E-state index in [1.54, 1.807) is 0 Å². The third-order valence-electron chi connectivity index (χ3n) is 2.90. The van der Waals surface area contributed by atoms with Gasteiger partial charge in [0.2, 0.25) is 0 Å². The van der Waals surface area contributed by atoms with Crippen LogP contribution >= 0.6 is 12.6 Å². The quantitative estimate of drug-likeness (QED) is 0.540. The van der Waals surface area contributed by atoms with Gasteiger partial charge in [0.1, 0.15) is 0 Å². The van der Waals surface area contributed by atoms with Crippen molar-refractivity contribution in [1.29, 1.82) is 0 Å². The molecule has 1 aliphatic heterocycles. The highest BCUT2D eigenvalue weighted by atomic mass is 32.1. The first-order valence-electron chi connectivity index (χ1n) is 5.15. The molecule has 0 saturated carbocycles. The Labute approximate surface area is 87.6 Å². The lowest BCUT2D eigenvalue weighted by Crippen LogP contribution is -2.42. The molecule has 0 N–H and O–H groups in total. The van der Waals surface area contributed by atoms with Crippen LogP contribution in [-0.4, -0.2) is 29.8 Å². The maximum absolute atomic E-state index is 4.24. The molecular weight excluding hydrogens is 178 g/mol. The van der Waals surface area contributed by atoms with Gasteiger partial charge in [-0.3, -0.25) is 4.90 Å². The highest BCUT2D eigenvalue weighted by Gasteiger charge is 2.22. The van der Waals surface area contributed by atoms with E-state index in [1.165, 1.54) is 25.0 Å². The van der Waals surface area contributed by atoms with Crippen LogP contribution < -0.4 is 0 Å². The van der Waals surface area contributed by atoms with Gasteiger partial charge in [-0.15, -0.1) is 0 Å². The first kappa shape index (κ1) is 11.1. The highest BCUT2D eigenvalue weighted by Crippen LogP contribution is 2.21. The van der Waals surface area contributed by atoms with Gasteiger partial charge in [0, 0.05) is 24.9 Å². The van der Waals surface area contributed by atoms with Gasteiger partial charge in [0.15, 0.2) is 0 Å². The molecule has 2 unspecified atom stereocenters. The average Bonchev–Trinajstić information content (AvgIpc) is 2.11. The number of thiol groups is 1. The molecule has 1 fully saturated rings. The van der Waals surface area contributed by atoms with Gasteiger partial charge in [-0.25, -0.2) is 0 Å². The van der Waals surface area contributed by atoms with E-state index in [4.69, 9.17) is 0 Å². The molecule has 1 heterocycles. The normalized spacial score (nSPS) is 30.4. The molecular formula is C11H21NS. The fraction of sp³-hybridized carbons (Fsp3) is 0.818. The highest BCUT2D eigenvalue weighted by molar-refractivity contribution is 7.80. The van der Waals surface area contributed by atoms with Crippen LogP contribution in [0.25, 0.3) is 0 Å². The van der Waals surface area contributed by atoms with Crippen LogP contribution in [0, 0.1) is 5.92 Å². The summed E-state index contributed by atoms with van der Waals surface area (Å²) in [6.45, 7) is 10.9. The van der Waals surface area contributed by atoms with E-state index in [9.17, 15) is 0 Å². The van der Waals surface area contributed by atoms with Crippen molar-refractivity contribution in [3.05, 3.63) is 12.2 Å². The molecule has 0 aromatic carbocycles. The molecule has 0 aromatic heterocycles. The van der Waals surface area contributed by atoms with Crippen LogP contribution in [0.15, 0.2) is 12.2 Å². The number of nitrogens with zero attached hydrogens (tertiary/aromatic N) is 1. The van der Waals surface area contributed by atoms with Crippen LogP contribution in [-0.2, 0) is 0 Å². The molecule has 1 aliphatic rings. The lowest BCUT2D eigenvalue weighted by atomic mass is 9.95. The van der Waals surface area contributed by atoms with Gasteiger partial charge in [-0.2, -0.15) is 12.6 Å². The zero-order valence-corrected chi connectivity index (χ0v) is 9.69. The SMILES string of the molecule is C=C(CS)CN1CC(C)CCC1C. The third-order valence-corrected chi connectivity index (χ3v) is 3.34. The summed E-state index contributed by atoms with van der Waals surface area (Å²) in [7, 11) is 0. The summed E-state index contributed by atoms with van der Waals surface area (Å²) in [4.78, 5) is 2.53. The Morgan fingerprint density at radius 3 is 2.77 bits per heavy atom. The summed E-state index contributed by atoms with van der Waals surface area (Å²) < 4.78 is 0. The Morgan fingerprint density at radius 2 is 2.15 bits per heavy atom.